The molecule has 0 bridgehead atoms. The second kappa shape index (κ2) is 4.73. The fourth-order valence-electron chi connectivity index (χ4n) is 1.02. The molecule has 0 aliphatic carbocycles. The minimum atomic E-state index is -0.765. The summed E-state index contributed by atoms with van der Waals surface area (Å²) in [5.41, 5.74) is 0.160. The summed E-state index contributed by atoms with van der Waals surface area (Å²) in [5, 5.41) is 13.7. The number of nitrogens with one attached hydrogen (secondary N) is 1. The zero-order chi connectivity index (χ0) is 11.6. The van der Waals surface area contributed by atoms with Gasteiger partial charge in [-0.1, -0.05) is 11.6 Å². The number of benzene rings is 1. The van der Waals surface area contributed by atoms with Crippen molar-refractivity contribution in [3.8, 4) is 0 Å². The molecular weight excluding hydrogens is 277 g/mol. The standard InChI is InChI=1S/C11H15BrClNO/c1-7(11(2,3)15)14-10-5-4-8(13)6-9(10)12/h4-7,14-15H,1-3H3. The zero-order valence-corrected chi connectivity index (χ0v) is 11.4. The highest BCUT2D eigenvalue weighted by Gasteiger charge is 2.22. The summed E-state index contributed by atoms with van der Waals surface area (Å²) in [5.74, 6) is 0. The number of hydrogen-bond donors (Lipinski definition) is 2. The summed E-state index contributed by atoms with van der Waals surface area (Å²) < 4.78 is 0.895. The molecule has 1 rings (SSSR count). The predicted molar refractivity (Wildman–Crippen MR) is 68.5 cm³/mol. The molecule has 15 heavy (non-hydrogen) atoms. The predicted octanol–water partition coefficient (Wildman–Crippen LogP) is 3.67. The van der Waals surface area contributed by atoms with E-state index in [9.17, 15) is 5.11 Å². The van der Waals surface area contributed by atoms with E-state index in [1.54, 1.807) is 13.8 Å². The molecule has 0 saturated heterocycles. The van der Waals surface area contributed by atoms with Gasteiger partial charge in [0.05, 0.1) is 11.6 Å². The van der Waals surface area contributed by atoms with Crippen molar-refractivity contribution in [1.82, 2.24) is 0 Å². The fraction of sp³-hybridized carbons (Fsp3) is 0.455. The molecule has 1 atom stereocenters. The Morgan fingerprint density at radius 3 is 2.53 bits per heavy atom. The summed E-state index contributed by atoms with van der Waals surface area (Å²) >= 11 is 9.25. The van der Waals surface area contributed by atoms with E-state index in [0.29, 0.717) is 5.02 Å². The van der Waals surface area contributed by atoms with Crippen LogP contribution in [-0.2, 0) is 0 Å². The number of anilines is 1. The minimum Gasteiger partial charge on any atom is -0.388 e. The van der Waals surface area contributed by atoms with Gasteiger partial charge < -0.3 is 10.4 Å². The third-order valence-corrected chi connectivity index (χ3v) is 3.25. The highest BCUT2D eigenvalue weighted by molar-refractivity contribution is 9.10. The summed E-state index contributed by atoms with van der Waals surface area (Å²) in [6.07, 6.45) is 0. The molecule has 0 fully saturated rings. The third-order valence-electron chi connectivity index (χ3n) is 2.36. The molecule has 0 aromatic heterocycles. The van der Waals surface area contributed by atoms with Gasteiger partial charge in [0, 0.05) is 15.2 Å². The number of aliphatic hydroxyl groups is 1. The van der Waals surface area contributed by atoms with Crippen molar-refractivity contribution in [3.05, 3.63) is 27.7 Å². The highest BCUT2D eigenvalue weighted by atomic mass is 79.9. The van der Waals surface area contributed by atoms with Crippen LogP contribution in [0.5, 0.6) is 0 Å². The molecular formula is C11H15BrClNO. The summed E-state index contributed by atoms with van der Waals surface area (Å²) in [6, 6.07) is 5.47. The van der Waals surface area contributed by atoms with Gasteiger partial charge >= 0.3 is 0 Å². The van der Waals surface area contributed by atoms with E-state index in [4.69, 9.17) is 11.6 Å². The lowest BCUT2D eigenvalue weighted by Gasteiger charge is -2.28. The molecule has 84 valence electrons. The lowest BCUT2D eigenvalue weighted by molar-refractivity contribution is 0.0649. The van der Waals surface area contributed by atoms with Crippen molar-refractivity contribution in [3.63, 3.8) is 0 Å². The molecule has 2 N–H and O–H groups in total. The second-order valence-electron chi connectivity index (χ2n) is 4.14. The Morgan fingerprint density at radius 2 is 2.07 bits per heavy atom. The van der Waals surface area contributed by atoms with Crippen LogP contribution in [0.1, 0.15) is 20.8 Å². The highest BCUT2D eigenvalue weighted by Crippen LogP contribution is 2.27. The largest absolute Gasteiger partial charge is 0.388 e. The lowest BCUT2D eigenvalue weighted by atomic mass is 10.0. The molecule has 0 spiro atoms. The molecule has 1 aromatic carbocycles. The molecule has 0 aliphatic heterocycles. The maximum Gasteiger partial charge on any atom is 0.0789 e. The summed E-state index contributed by atoms with van der Waals surface area (Å²) in [4.78, 5) is 0. The first-order valence-electron chi connectivity index (χ1n) is 4.74. The van der Waals surface area contributed by atoms with Crippen LogP contribution in [0.2, 0.25) is 5.02 Å². The minimum absolute atomic E-state index is 0.0463. The van der Waals surface area contributed by atoms with E-state index in [0.717, 1.165) is 10.2 Å². The van der Waals surface area contributed by atoms with Gasteiger partial charge in [0.15, 0.2) is 0 Å². The second-order valence-corrected chi connectivity index (χ2v) is 5.43. The van der Waals surface area contributed by atoms with Crippen LogP contribution in [0.25, 0.3) is 0 Å². The first-order chi connectivity index (χ1) is 6.80. The first-order valence-corrected chi connectivity index (χ1v) is 5.92. The quantitative estimate of drug-likeness (QED) is 0.891. The van der Waals surface area contributed by atoms with Crippen molar-refractivity contribution in [2.24, 2.45) is 0 Å². The molecule has 0 radical (unpaired) electrons. The molecule has 0 heterocycles. The Balaban J connectivity index is 2.82. The average molecular weight is 293 g/mol. The monoisotopic (exact) mass is 291 g/mol. The maximum absolute atomic E-state index is 9.79. The van der Waals surface area contributed by atoms with Gasteiger partial charge in [0.1, 0.15) is 0 Å². The van der Waals surface area contributed by atoms with Gasteiger partial charge in [-0.15, -0.1) is 0 Å². The molecule has 4 heteroatoms. The van der Waals surface area contributed by atoms with Gasteiger partial charge in [-0.05, 0) is 54.9 Å². The van der Waals surface area contributed by atoms with Crippen molar-refractivity contribution in [2.45, 2.75) is 32.4 Å². The van der Waals surface area contributed by atoms with Crippen LogP contribution < -0.4 is 5.32 Å². The van der Waals surface area contributed by atoms with Crippen molar-refractivity contribution in [2.75, 3.05) is 5.32 Å². The van der Waals surface area contributed by atoms with Crippen LogP contribution >= 0.6 is 27.5 Å². The van der Waals surface area contributed by atoms with Gasteiger partial charge in [-0.2, -0.15) is 0 Å². The molecule has 0 aliphatic rings. The SMILES string of the molecule is CC(Nc1ccc(Cl)cc1Br)C(C)(C)O. The first kappa shape index (κ1) is 12.8. The van der Waals surface area contributed by atoms with E-state index < -0.39 is 5.60 Å². The number of hydrogen-bond acceptors (Lipinski definition) is 2. The van der Waals surface area contributed by atoms with E-state index in [-0.39, 0.29) is 6.04 Å². The van der Waals surface area contributed by atoms with Crippen LogP contribution in [0.3, 0.4) is 0 Å². The Hall–Kier alpha value is -0.250. The zero-order valence-electron chi connectivity index (χ0n) is 9.01. The fourth-order valence-corrected chi connectivity index (χ4v) is 1.81. The Labute approximate surface area is 104 Å². The van der Waals surface area contributed by atoms with Crippen molar-refractivity contribution >= 4 is 33.2 Å². The van der Waals surface area contributed by atoms with Crippen LogP contribution in [0, 0.1) is 0 Å². The van der Waals surface area contributed by atoms with Gasteiger partial charge in [0.25, 0.3) is 0 Å². The van der Waals surface area contributed by atoms with Gasteiger partial charge in [-0.3, -0.25) is 0 Å². The van der Waals surface area contributed by atoms with Gasteiger partial charge in [0.2, 0.25) is 0 Å². The molecule has 1 unspecified atom stereocenters. The molecule has 0 saturated carbocycles. The van der Waals surface area contributed by atoms with Crippen LogP contribution in [0.15, 0.2) is 22.7 Å². The normalized spacial score (nSPS) is 13.7. The Morgan fingerprint density at radius 1 is 1.47 bits per heavy atom. The average Bonchev–Trinajstić information content (AvgIpc) is 2.08. The van der Waals surface area contributed by atoms with E-state index in [1.165, 1.54) is 0 Å². The third kappa shape index (κ3) is 3.67. The number of halogens is 2. The van der Waals surface area contributed by atoms with E-state index in [2.05, 4.69) is 21.2 Å². The van der Waals surface area contributed by atoms with Crippen molar-refractivity contribution < 1.29 is 5.11 Å². The van der Waals surface area contributed by atoms with Crippen molar-refractivity contribution in [1.29, 1.82) is 0 Å². The molecule has 0 amide bonds. The van der Waals surface area contributed by atoms with Gasteiger partial charge in [-0.25, -0.2) is 0 Å². The molecule has 2 nitrogen and oxygen atoms in total. The maximum atomic E-state index is 9.79. The summed E-state index contributed by atoms with van der Waals surface area (Å²) in [7, 11) is 0. The van der Waals surface area contributed by atoms with E-state index in [1.807, 2.05) is 25.1 Å². The summed E-state index contributed by atoms with van der Waals surface area (Å²) in [6.45, 7) is 5.48. The topological polar surface area (TPSA) is 32.3 Å². The Kier molecular flexibility index (Phi) is 4.04. The lowest BCUT2D eigenvalue weighted by Crippen LogP contribution is -2.39. The smallest absolute Gasteiger partial charge is 0.0789 e. The molecule has 1 aromatic rings. The Bertz CT molecular complexity index is 349. The number of rotatable bonds is 3. The van der Waals surface area contributed by atoms with Crippen LogP contribution in [0.4, 0.5) is 5.69 Å². The van der Waals surface area contributed by atoms with Crippen LogP contribution in [-0.4, -0.2) is 16.7 Å². The van der Waals surface area contributed by atoms with E-state index >= 15 is 0 Å².